The second kappa shape index (κ2) is 29.7. The summed E-state index contributed by atoms with van der Waals surface area (Å²) >= 11 is 0. The number of cyclic esters (lactones) is 1. The van der Waals surface area contributed by atoms with E-state index in [4.69, 9.17) is 29.4 Å². The van der Waals surface area contributed by atoms with Crippen molar-refractivity contribution in [2.45, 2.75) is 190 Å². The Bertz CT molecular complexity index is 1720. The van der Waals surface area contributed by atoms with Gasteiger partial charge in [-0.15, -0.1) is 0 Å². The molecule has 0 aliphatic carbocycles. The van der Waals surface area contributed by atoms with E-state index in [9.17, 15) is 60.7 Å². The molecule has 0 spiro atoms. The largest absolute Gasteiger partial charge is 0.465 e. The second-order valence-electron chi connectivity index (χ2n) is 18.4. The zero-order valence-corrected chi connectivity index (χ0v) is 40.0. The number of hydrogen-bond acceptors (Lipinski definition) is 18. The van der Waals surface area contributed by atoms with Crippen LogP contribution < -0.4 is 5.73 Å². The van der Waals surface area contributed by atoms with Gasteiger partial charge >= 0.3 is 11.9 Å². The maximum absolute atomic E-state index is 13.4. The van der Waals surface area contributed by atoms with Gasteiger partial charge in [-0.1, -0.05) is 106 Å². The molecule has 2 fully saturated rings. The number of carbonyl (C=O) groups excluding carboxylic acids is 2. The zero-order chi connectivity index (χ0) is 50.6. The molecule has 2 bridgehead atoms. The van der Waals surface area contributed by atoms with Crippen LogP contribution >= 0.6 is 0 Å². The minimum atomic E-state index is -2.27. The first kappa shape index (κ1) is 58.9. The Morgan fingerprint density at radius 3 is 1.88 bits per heavy atom. The number of hydrogen-bond donors (Lipinski definition) is 11. The first-order chi connectivity index (χ1) is 32.2. The number of nitrogens with two attached hydrogens (primary N) is 1. The van der Waals surface area contributed by atoms with Crippen LogP contribution in [0.25, 0.3) is 0 Å². The molecule has 0 aromatic heterocycles. The van der Waals surface area contributed by atoms with Crippen LogP contribution in [-0.2, 0) is 33.3 Å². The molecule has 0 amide bonds. The van der Waals surface area contributed by atoms with Crippen molar-refractivity contribution < 1.29 is 84.3 Å². The normalized spacial score (nSPS) is 44.0. The number of allylic oxidation sites excluding steroid dienone is 12. The van der Waals surface area contributed by atoms with Crippen molar-refractivity contribution in [3.63, 3.8) is 0 Å². The fraction of sp³-hybridized carbons (Fsp3) is 0.680. The van der Waals surface area contributed by atoms with Gasteiger partial charge in [-0.2, -0.15) is 0 Å². The summed E-state index contributed by atoms with van der Waals surface area (Å²) in [6.45, 7) is 8.61. The summed E-state index contributed by atoms with van der Waals surface area (Å²) in [6.07, 6.45) is 5.07. The van der Waals surface area contributed by atoms with Crippen LogP contribution in [0.4, 0.5) is 0 Å². The molecular formula is C50H79NO17. The molecule has 3 rings (SSSR count). The lowest BCUT2D eigenvalue weighted by Crippen LogP contribution is -2.61. The molecule has 18 heteroatoms. The molecule has 0 aromatic carbocycles. The van der Waals surface area contributed by atoms with E-state index in [0.717, 1.165) is 0 Å². The molecule has 19 atom stereocenters. The molecule has 3 heterocycles. The maximum atomic E-state index is 13.4. The molecule has 68 heavy (non-hydrogen) atoms. The van der Waals surface area contributed by atoms with Crippen molar-refractivity contribution in [3.05, 3.63) is 85.1 Å². The van der Waals surface area contributed by atoms with Gasteiger partial charge in [0, 0.05) is 37.5 Å². The Kier molecular flexibility index (Phi) is 25.7. The minimum absolute atomic E-state index is 0.0350. The molecular weight excluding hydrogens is 887 g/mol. The predicted octanol–water partition coefficient (Wildman–Crippen LogP) is 1.58. The van der Waals surface area contributed by atoms with Crippen molar-refractivity contribution in [1.82, 2.24) is 0 Å². The van der Waals surface area contributed by atoms with E-state index in [1.54, 1.807) is 76.3 Å². The molecule has 386 valence electrons. The lowest BCUT2D eigenvalue weighted by molar-refractivity contribution is -0.309. The molecule has 2 saturated heterocycles. The van der Waals surface area contributed by atoms with Gasteiger partial charge in [-0.05, 0) is 39.5 Å². The average molecular weight is 966 g/mol. The molecule has 3 aliphatic heterocycles. The van der Waals surface area contributed by atoms with Crippen LogP contribution in [0.15, 0.2) is 85.1 Å². The SMILES string of the molecule is CCCOC(=O)[C@H]1[C@@H]2C[C@@H](O[C@@H]3O[C@H](C)[C@@H](O)[C@H](N)[C@@H]3O)/C=C/C=C/C=C/C=C/C=C/C=C/C=C\[C@H](C)[C@@H](O)[C@@H](C)[C@H](C)OC(=O)C[C@H](O)C[C@H](O)CC[C@@H](O)[C@H](O)C[C@H](O)C[C@](O)(C[C@@H]1O)O2. The van der Waals surface area contributed by atoms with Gasteiger partial charge in [0.2, 0.25) is 0 Å². The minimum Gasteiger partial charge on any atom is -0.465 e. The lowest BCUT2D eigenvalue weighted by atomic mass is 9.82. The fourth-order valence-corrected chi connectivity index (χ4v) is 8.25. The molecule has 0 radical (unpaired) electrons. The summed E-state index contributed by atoms with van der Waals surface area (Å²) in [5.41, 5.74) is 6.08. The Balaban J connectivity index is 1.91. The predicted molar refractivity (Wildman–Crippen MR) is 251 cm³/mol. The van der Waals surface area contributed by atoms with E-state index in [1.165, 1.54) is 0 Å². The van der Waals surface area contributed by atoms with Crippen molar-refractivity contribution in [2.75, 3.05) is 6.61 Å². The van der Waals surface area contributed by atoms with Crippen LogP contribution in [0.5, 0.6) is 0 Å². The van der Waals surface area contributed by atoms with Gasteiger partial charge in [-0.25, -0.2) is 0 Å². The van der Waals surface area contributed by atoms with Gasteiger partial charge in [0.05, 0.1) is 86.2 Å². The summed E-state index contributed by atoms with van der Waals surface area (Å²) in [5.74, 6) is -5.88. The summed E-state index contributed by atoms with van der Waals surface area (Å²) in [4.78, 5) is 26.1. The van der Waals surface area contributed by atoms with Crippen molar-refractivity contribution in [2.24, 2.45) is 23.5 Å². The van der Waals surface area contributed by atoms with E-state index >= 15 is 0 Å². The molecule has 12 N–H and O–H groups in total. The summed E-state index contributed by atoms with van der Waals surface area (Å²) in [5, 5.41) is 109. The fourth-order valence-electron chi connectivity index (χ4n) is 8.25. The van der Waals surface area contributed by atoms with Gasteiger partial charge in [0.25, 0.3) is 0 Å². The molecule has 0 saturated carbocycles. The quantitative estimate of drug-likeness (QED) is 0.174. The lowest BCUT2D eigenvalue weighted by Gasteiger charge is -2.45. The van der Waals surface area contributed by atoms with Crippen molar-refractivity contribution in [1.29, 1.82) is 0 Å². The third-order valence-corrected chi connectivity index (χ3v) is 12.5. The van der Waals surface area contributed by atoms with Gasteiger partial charge in [0.1, 0.15) is 18.1 Å². The first-order valence-electron chi connectivity index (χ1n) is 23.8. The van der Waals surface area contributed by atoms with Crippen LogP contribution in [0.2, 0.25) is 0 Å². The highest BCUT2D eigenvalue weighted by atomic mass is 16.7. The monoisotopic (exact) mass is 966 g/mol. The van der Waals surface area contributed by atoms with Crippen LogP contribution in [0.1, 0.15) is 92.4 Å². The molecule has 18 nitrogen and oxygen atoms in total. The number of aliphatic hydroxyl groups is 10. The Morgan fingerprint density at radius 2 is 1.28 bits per heavy atom. The Labute approximate surface area is 400 Å². The summed E-state index contributed by atoms with van der Waals surface area (Å²) in [7, 11) is 0. The number of aliphatic hydroxyl groups excluding tert-OH is 9. The topological polar surface area (TPSA) is 309 Å². The second-order valence-corrected chi connectivity index (χ2v) is 18.4. The van der Waals surface area contributed by atoms with Gasteiger partial charge in [0.15, 0.2) is 12.1 Å². The highest BCUT2D eigenvalue weighted by molar-refractivity contribution is 5.74. The summed E-state index contributed by atoms with van der Waals surface area (Å²) in [6, 6.07) is -1.13. The number of rotatable bonds is 5. The third kappa shape index (κ3) is 19.8. The smallest absolute Gasteiger partial charge is 0.314 e. The maximum Gasteiger partial charge on any atom is 0.314 e. The standard InChI is InChI=1S/C50H79NO17/c1-6-23-64-48(62)43-40(57)29-50(63)28-36(54)25-39(56)38(55)22-21-34(52)24-35(53)26-42(58)65-32(4)31(3)45(59)30(2)19-17-15-13-11-9-7-8-10-12-14-16-18-20-37(27-41(43)68-50)67-49-47(61)44(51)46(60)33(5)66-49/h7-20,30-41,43-47,49,52-57,59-61,63H,6,21-29,51H2,1-5H3/b8-7+,11-9+,12-10+,15-13+,16-14+,19-17-,20-18+/t30-,31-,32-,33+,34+,35+,36-,37-,38+,39+,40-,41-,43+,44-,45+,46+,47-,49-,50+/m0/s1. The average Bonchev–Trinajstić information content (AvgIpc) is 3.26. The number of ether oxygens (including phenoxy) is 5. The van der Waals surface area contributed by atoms with E-state index < -0.39 is 147 Å². The first-order valence-corrected chi connectivity index (χ1v) is 23.8. The number of esters is 2. The summed E-state index contributed by atoms with van der Waals surface area (Å²) < 4.78 is 29.0. The van der Waals surface area contributed by atoms with Gasteiger partial charge in [-0.3, -0.25) is 9.59 Å². The highest BCUT2D eigenvalue weighted by Crippen LogP contribution is 2.38. The Morgan fingerprint density at radius 1 is 0.691 bits per heavy atom. The Hall–Kier alpha value is -3.44. The van der Waals surface area contributed by atoms with Crippen molar-refractivity contribution >= 4 is 11.9 Å². The molecule has 0 aromatic rings. The van der Waals surface area contributed by atoms with Crippen LogP contribution in [-0.4, -0.2) is 167 Å². The van der Waals surface area contributed by atoms with E-state index in [1.807, 2.05) is 43.4 Å². The highest BCUT2D eigenvalue weighted by Gasteiger charge is 2.51. The van der Waals surface area contributed by atoms with Crippen LogP contribution in [0.3, 0.4) is 0 Å². The number of carbonyl (C=O) groups is 2. The molecule has 0 unspecified atom stereocenters. The van der Waals surface area contributed by atoms with Crippen molar-refractivity contribution in [3.8, 4) is 0 Å². The third-order valence-electron chi connectivity index (χ3n) is 12.5. The van der Waals surface area contributed by atoms with E-state index in [2.05, 4.69) is 0 Å². The van der Waals surface area contributed by atoms with E-state index in [-0.39, 0.29) is 38.2 Å². The number of fused-ring (bicyclic) bond motifs is 2. The zero-order valence-electron chi connectivity index (χ0n) is 40.0. The van der Waals surface area contributed by atoms with Gasteiger partial charge < -0.3 is 80.5 Å². The molecule has 3 aliphatic rings. The van der Waals surface area contributed by atoms with Crippen LogP contribution in [0, 0.1) is 17.8 Å². The van der Waals surface area contributed by atoms with E-state index in [0.29, 0.717) is 6.42 Å².